The summed E-state index contributed by atoms with van der Waals surface area (Å²) in [5.74, 6) is 0.669. The van der Waals surface area contributed by atoms with E-state index in [-0.39, 0.29) is 6.03 Å². The van der Waals surface area contributed by atoms with Crippen LogP contribution in [-0.2, 0) is 6.61 Å². The lowest BCUT2D eigenvalue weighted by Gasteiger charge is -2.23. The third kappa shape index (κ3) is 4.99. The largest absolute Gasteiger partial charge is 0.487 e. The van der Waals surface area contributed by atoms with Crippen LogP contribution in [0.15, 0.2) is 54.6 Å². The smallest absolute Gasteiger partial charge is 0.319 e. The number of carbonyl (C=O) groups is 1. The number of hydrogen-bond donors (Lipinski definition) is 2. The van der Waals surface area contributed by atoms with Crippen molar-refractivity contribution in [3.05, 3.63) is 60.2 Å². The number of ether oxygens (including phenoxy) is 1. The SMILES string of the molecule is CCN1CCC[C@H]1CNC(=O)Nc1ccccc1OCc1ccccc1. The zero-order valence-corrected chi connectivity index (χ0v) is 15.3. The van der Waals surface area contributed by atoms with E-state index in [0.29, 0.717) is 30.6 Å². The molecule has 2 aromatic carbocycles. The molecule has 1 saturated heterocycles. The predicted molar refractivity (Wildman–Crippen MR) is 105 cm³/mol. The summed E-state index contributed by atoms with van der Waals surface area (Å²) in [6, 6.07) is 17.8. The van der Waals surface area contributed by atoms with Gasteiger partial charge >= 0.3 is 6.03 Å². The number of hydrogen-bond acceptors (Lipinski definition) is 3. The van der Waals surface area contributed by atoms with Gasteiger partial charge in [0.15, 0.2) is 0 Å². The van der Waals surface area contributed by atoms with Crippen LogP contribution in [0.2, 0.25) is 0 Å². The first-order valence-electron chi connectivity index (χ1n) is 9.31. The molecular formula is C21H27N3O2. The number of nitrogens with zero attached hydrogens (tertiary/aromatic N) is 1. The van der Waals surface area contributed by atoms with Crippen LogP contribution >= 0.6 is 0 Å². The summed E-state index contributed by atoms with van der Waals surface area (Å²) >= 11 is 0. The van der Waals surface area contributed by atoms with Crippen molar-refractivity contribution in [2.24, 2.45) is 0 Å². The molecule has 5 heteroatoms. The molecule has 0 radical (unpaired) electrons. The van der Waals surface area contributed by atoms with Gasteiger partial charge in [0, 0.05) is 12.6 Å². The van der Waals surface area contributed by atoms with Crippen molar-refractivity contribution >= 4 is 11.7 Å². The number of rotatable bonds is 7. The van der Waals surface area contributed by atoms with Crippen LogP contribution in [-0.4, -0.2) is 36.6 Å². The molecule has 0 bridgehead atoms. The number of likely N-dealkylation sites (tertiary alicyclic amines) is 1. The van der Waals surface area contributed by atoms with Crippen molar-refractivity contribution in [3.63, 3.8) is 0 Å². The van der Waals surface area contributed by atoms with Gasteiger partial charge < -0.3 is 15.4 Å². The van der Waals surface area contributed by atoms with E-state index in [1.54, 1.807) is 0 Å². The standard InChI is InChI=1S/C21H27N3O2/c1-2-24-14-8-11-18(24)15-22-21(25)23-19-12-6-7-13-20(19)26-16-17-9-4-3-5-10-17/h3-7,9-10,12-13,18H,2,8,11,14-16H2,1H3,(H2,22,23,25)/t18-/m0/s1. The molecule has 0 saturated carbocycles. The Labute approximate surface area is 155 Å². The van der Waals surface area contributed by atoms with Crippen LogP contribution in [0.1, 0.15) is 25.3 Å². The van der Waals surface area contributed by atoms with Gasteiger partial charge in [0.2, 0.25) is 0 Å². The van der Waals surface area contributed by atoms with Crippen LogP contribution < -0.4 is 15.4 Å². The zero-order valence-electron chi connectivity index (χ0n) is 15.3. The van der Waals surface area contributed by atoms with Crippen LogP contribution in [0.3, 0.4) is 0 Å². The fraction of sp³-hybridized carbons (Fsp3) is 0.381. The Morgan fingerprint density at radius 3 is 2.73 bits per heavy atom. The number of benzene rings is 2. The van der Waals surface area contributed by atoms with Crippen molar-refractivity contribution in [2.45, 2.75) is 32.4 Å². The molecule has 0 aromatic heterocycles. The van der Waals surface area contributed by atoms with Gasteiger partial charge in [-0.15, -0.1) is 0 Å². The Bertz CT molecular complexity index is 705. The predicted octanol–water partition coefficient (Wildman–Crippen LogP) is 3.87. The summed E-state index contributed by atoms with van der Waals surface area (Å²) in [6.07, 6.45) is 2.35. The lowest BCUT2D eigenvalue weighted by atomic mass is 10.2. The maximum absolute atomic E-state index is 12.3. The molecule has 2 aromatic rings. The molecule has 1 atom stereocenters. The first kappa shape index (κ1) is 18.3. The van der Waals surface area contributed by atoms with Gasteiger partial charge in [-0.2, -0.15) is 0 Å². The lowest BCUT2D eigenvalue weighted by Crippen LogP contribution is -2.41. The van der Waals surface area contributed by atoms with Gasteiger partial charge in [-0.25, -0.2) is 4.79 Å². The number of anilines is 1. The van der Waals surface area contributed by atoms with Crippen LogP contribution in [0.25, 0.3) is 0 Å². The Balaban J connectivity index is 1.53. The van der Waals surface area contributed by atoms with Crippen molar-refractivity contribution in [1.29, 1.82) is 0 Å². The van der Waals surface area contributed by atoms with E-state index in [2.05, 4.69) is 22.5 Å². The first-order chi connectivity index (χ1) is 12.8. The second-order valence-corrected chi connectivity index (χ2v) is 6.53. The second kappa shape index (κ2) is 9.25. The molecule has 0 aliphatic carbocycles. The summed E-state index contributed by atoms with van der Waals surface area (Å²) in [4.78, 5) is 14.7. The highest BCUT2D eigenvalue weighted by Crippen LogP contribution is 2.24. The minimum absolute atomic E-state index is 0.191. The monoisotopic (exact) mass is 353 g/mol. The summed E-state index contributed by atoms with van der Waals surface area (Å²) < 4.78 is 5.89. The molecule has 2 amide bonds. The quantitative estimate of drug-likeness (QED) is 0.794. The van der Waals surface area contributed by atoms with Crippen LogP contribution in [0.5, 0.6) is 5.75 Å². The topological polar surface area (TPSA) is 53.6 Å². The highest BCUT2D eigenvalue weighted by molar-refractivity contribution is 5.90. The molecule has 1 fully saturated rings. The number of urea groups is 1. The van der Waals surface area contributed by atoms with Crippen molar-refractivity contribution in [3.8, 4) is 5.75 Å². The molecular weight excluding hydrogens is 326 g/mol. The minimum Gasteiger partial charge on any atom is -0.487 e. The number of carbonyl (C=O) groups excluding carboxylic acids is 1. The maximum Gasteiger partial charge on any atom is 0.319 e. The Morgan fingerprint density at radius 1 is 1.15 bits per heavy atom. The van der Waals surface area contributed by atoms with E-state index in [9.17, 15) is 4.79 Å². The Kier molecular flexibility index (Phi) is 6.50. The van der Waals surface area contributed by atoms with Gasteiger partial charge in [0.05, 0.1) is 5.69 Å². The van der Waals surface area contributed by atoms with Crippen molar-refractivity contribution in [1.82, 2.24) is 10.2 Å². The molecule has 1 heterocycles. The fourth-order valence-corrected chi connectivity index (χ4v) is 3.35. The fourth-order valence-electron chi connectivity index (χ4n) is 3.35. The highest BCUT2D eigenvalue weighted by Gasteiger charge is 2.23. The number of nitrogens with one attached hydrogen (secondary N) is 2. The average Bonchev–Trinajstić information content (AvgIpc) is 3.14. The van der Waals surface area contributed by atoms with Gasteiger partial charge in [-0.05, 0) is 43.6 Å². The van der Waals surface area contributed by atoms with Gasteiger partial charge in [-0.3, -0.25) is 4.90 Å². The Morgan fingerprint density at radius 2 is 1.92 bits per heavy atom. The second-order valence-electron chi connectivity index (χ2n) is 6.53. The molecule has 0 spiro atoms. The van der Waals surface area contributed by atoms with Crippen LogP contribution in [0.4, 0.5) is 10.5 Å². The number of para-hydroxylation sites is 2. The molecule has 1 aliphatic heterocycles. The van der Waals surface area contributed by atoms with Crippen LogP contribution in [0, 0.1) is 0 Å². The summed E-state index contributed by atoms with van der Waals surface area (Å²) in [5.41, 5.74) is 1.77. The number of likely N-dealkylation sites (N-methyl/N-ethyl adjacent to an activating group) is 1. The summed E-state index contributed by atoms with van der Waals surface area (Å²) in [6.45, 7) is 5.46. The van der Waals surface area contributed by atoms with E-state index in [1.807, 2.05) is 54.6 Å². The van der Waals surface area contributed by atoms with E-state index in [0.717, 1.165) is 25.1 Å². The maximum atomic E-state index is 12.3. The average molecular weight is 353 g/mol. The summed E-state index contributed by atoms with van der Waals surface area (Å²) in [7, 11) is 0. The van der Waals surface area contributed by atoms with Gasteiger partial charge in [0.25, 0.3) is 0 Å². The molecule has 5 nitrogen and oxygen atoms in total. The van der Waals surface area contributed by atoms with Crippen molar-refractivity contribution in [2.75, 3.05) is 25.0 Å². The molecule has 26 heavy (non-hydrogen) atoms. The third-order valence-corrected chi connectivity index (χ3v) is 4.78. The van der Waals surface area contributed by atoms with E-state index >= 15 is 0 Å². The molecule has 1 aliphatic rings. The minimum atomic E-state index is -0.191. The van der Waals surface area contributed by atoms with Gasteiger partial charge in [-0.1, -0.05) is 49.4 Å². The highest BCUT2D eigenvalue weighted by atomic mass is 16.5. The molecule has 3 rings (SSSR count). The normalized spacial score (nSPS) is 17.0. The number of amides is 2. The lowest BCUT2D eigenvalue weighted by molar-refractivity contribution is 0.237. The summed E-state index contributed by atoms with van der Waals surface area (Å²) in [5, 5.41) is 5.90. The van der Waals surface area contributed by atoms with Crippen molar-refractivity contribution < 1.29 is 9.53 Å². The Hall–Kier alpha value is -2.53. The molecule has 138 valence electrons. The van der Waals surface area contributed by atoms with Gasteiger partial charge in [0.1, 0.15) is 12.4 Å². The molecule has 0 unspecified atom stereocenters. The van der Waals surface area contributed by atoms with E-state index < -0.39 is 0 Å². The third-order valence-electron chi connectivity index (χ3n) is 4.78. The first-order valence-corrected chi connectivity index (χ1v) is 9.31. The molecule has 2 N–H and O–H groups in total. The van der Waals surface area contributed by atoms with E-state index in [1.165, 1.54) is 6.42 Å². The van der Waals surface area contributed by atoms with E-state index in [4.69, 9.17) is 4.74 Å². The zero-order chi connectivity index (χ0) is 18.2.